The number of likely N-dealkylation sites (N-methyl/N-ethyl adjacent to an activating group) is 1. The first-order valence-corrected chi connectivity index (χ1v) is 36.3. The zero-order valence-corrected chi connectivity index (χ0v) is 58.6. The quantitative estimate of drug-likeness (QED) is 0.0195. The number of carbonyl (C=O) groups excluding carboxylic acids is 3. The van der Waals surface area contributed by atoms with Gasteiger partial charge in [0, 0.05) is 12.8 Å². The Morgan fingerprint density at radius 2 is 0.593 bits per heavy atom. The van der Waals surface area contributed by atoms with Gasteiger partial charge >= 0.3 is 11.9 Å². The standard InChI is InChI=1S/C82H133NO8/c1-6-8-10-12-14-16-18-20-22-24-26-28-30-32-34-35-36-37-38-39-40-41-42-43-44-45-47-49-51-53-55-57-59-61-63-65-67-69-71-73-80(85)91-78(77-90-82(81(86)87)88-75-74-83(3,4)5)76-89-79(84)72-70-68-66-64-62-60-58-56-54-52-50-48-46-33-31-29-27-25-23-21-19-17-15-13-11-9-7-2/h8-11,14-17,20-23,26-29,32-34,36-37,39-40,42-43,45-47,78,82H,6-7,12-13,18-19,24-25,30-31,35,38,41,44,48-77H2,1-5H3/b10-8-,11-9-,16-14-,17-15-,22-20-,23-21-,28-26-,29-27-,34-32-,37-36-,40-39-,43-42-,46-33-,47-45-. The van der Waals surface area contributed by atoms with Crippen LogP contribution < -0.4 is 5.11 Å². The number of unbranched alkanes of at least 4 members (excludes halogenated alkanes) is 22. The molecule has 0 amide bonds. The number of carbonyl (C=O) groups is 3. The van der Waals surface area contributed by atoms with Gasteiger partial charge in [-0.2, -0.15) is 0 Å². The van der Waals surface area contributed by atoms with Gasteiger partial charge in [0.15, 0.2) is 12.4 Å². The van der Waals surface area contributed by atoms with Crippen LogP contribution in [0.2, 0.25) is 0 Å². The van der Waals surface area contributed by atoms with Crippen LogP contribution in [0.5, 0.6) is 0 Å². The van der Waals surface area contributed by atoms with Gasteiger partial charge in [0.25, 0.3) is 0 Å². The summed E-state index contributed by atoms with van der Waals surface area (Å²) in [7, 11) is 5.92. The van der Waals surface area contributed by atoms with E-state index in [1.54, 1.807) is 0 Å². The number of hydrogen-bond donors (Lipinski definition) is 0. The lowest BCUT2D eigenvalue weighted by Crippen LogP contribution is -2.44. The van der Waals surface area contributed by atoms with Crippen molar-refractivity contribution in [1.82, 2.24) is 0 Å². The highest BCUT2D eigenvalue weighted by Crippen LogP contribution is 2.16. The van der Waals surface area contributed by atoms with E-state index in [4.69, 9.17) is 18.9 Å². The molecular formula is C82H133NO8. The predicted octanol–water partition coefficient (Wildman–Crippen LogP) is 21.7. The molecule has 0 saturated carbocycles. The molecule has 0 fully saturated rings. The fourth-order valence-electron chi connectivity index (χ4n) is 9.50. The van der Waals surface area contributed by atoms with E-state index in [-0.39, 0.29) is 38.6 Å². The first kappa shape index (κ1) is 85.7. The Balaban J connectivity index is 4.16. The topological polar surface area (TPSA) is 111 Å². The summed E-state index contributed by atoms with van der Waals surface area (Å²) in [6.07, 6.45) is 103. The molecule has 0 aliphatic heterocycles. The minimum atomic E-state index is -1.63. The molecule has 0 radical (unpaired) electrons. The summed E-state index contributed by atoms with van der Waals surface area (Å²) in [6, 6.07) is 0. The second-order valence-corrected chi connectivity index (χ2v) is 24.8. The maximum absolute atomic E-state index is 13.0. The molecule has 0 rings (SSSR count). The summed E-state index contributed by atoms with van der Waals surface area (Å²) in [5.41, 5.74) is 0. The van der Waals surface area contributed by atoms with Crippen LogP contribution in [0, 0.1) is 0 Å². The third kappa shape index (κ3) is 71.9. The van der Waals surface area contributed by atoms with Crippen molar-refractivity contribution in [2.24, 2.45) is 0 Å². The third-order valence-electron chi connectivity index (χ3n) is 15.0. The van der Waals surface area contributed by atoms with Gasteiger partial charge in [0.2, 0.25) is 0 Å². The zero-order chi connectivity index (χ0) is 66.1. The first-order valence-electron chi connectivity index (χ1n) is 36.3. The van der Waals surface area contributed by atoms with Crippen LogP contribution in [0.4, 0.5) is 0 Å². The minimum absolute atomic E-state index is 0.139. The molecule has 0 aliphatic carbocycles. The van der Waals surface area contributed by atoms with Gasteiger partial charge in [-0.05, 0) is 128 Å². The Hall–Kier alpha value is -5.35. The average molecular weight is 1260 g/mol. The lowest BCUT2D eigenvalue weighted by atomic mass is 10.0. The lowest BCUT2D eigenvalue weighted by Gasteiger charge is -2.26. The van der Waals surface area contributed by atoms with E-state index in [1.807, 2.05) is 21.1 Å². The summed E-state index contributed by atoms with van der Waals surface area (Å²) >= 11 is 0. The highest BCUT2D eigenvalue weighted by atomic mass is 16.7. The number of nitrogens with zero attached hydrogens (tertiary/aromatic N) is 1. The maximum Gasteiger partial charge on any atom is 0.306 e. The van der Waals surface area contributed by atoms with E-state index < -0.39 is 24.3 Å². The summed E-state index contributed by atoms with van der Waals surface area (Å²) in [5, 5.41) is 11.8. The summed E-state index contributed by atoms with van der Waals surface area (Å²) < 4.78 is 22.8. The molecule has 0 bridgehead atoms. The average Bonchev–Trinajstić information content (AvgIpc) is 3.46. The second-order valence-electron chi connectivity index (χ2n) is 24.8. The maximum atomic E-state index is 13.0. The number of quaternary nitrogens is 1. The smallest absolute Gasteiger partial charge is 0.306 e. The number of carboxylic acid groups (broad SMARTS) is 1. The molecular weight excluding hydrogens is 1130 g/mol. The van der Waals surface area contributed by atoms with Crippen LogP contribution in [0.25, 0.3) is 0 Å². The van der Waals surface area contributed by atoms with Gasteiger partial charge in [-0.15, -0.1) is 0 Å². The highest BCUT2D eigenvalue weighted by molar-refractivity contribution is 5.70. The molecule has 0 heterocycles. The van der Waals surface area contributed by atoms with Gasteiger partial charge in [-0.1, -0.05) is 300 Å². The summed E-state index contributed by atoms with van der Waals surface area (Å²) in [6.45, 7) is 4.51. The van der Waals surface area contributed by atoms with E-state index in [0.717, 1.165) is 148 Å². The van der Waals surface area contributed by atoms with Gasteiger partial charge in [0.1, 0.15) is 13.2 Å². The molecule has 0 spiro atoms. The second kappa shape index (κ2) is 70.5. The van der Waals surface area contributed by atoms with E-state index in [1.165, 1.54) is 89.9 Å². The number of allylic oxidation sites excluding steroid dienone is 28. The van der Waals surface area contributed by atoms with Gasteiger partial charge in [-0.3, -0.25) is 9.59 Å². The molecule has 514 valence electrons. The fourth-order valence-corrected chi connectivity index (χ4v) is 9.50. The fraction of sp³-hybridized carbons (Fsp3) is 0.622. The van der Waals surface area contributed by atoms with Crippen molar-refractivity contribution < 1.29 is 42.9 Å². The number of aliphatic carboxylic acids is 1. The molecule has 9 nitrogen and oxygen atoms in total. The molecule has 91 heavy (non-hydrogen) atoms. The molecule has 0 aromatic carbocycles. The Kier molecular flexibility index (Phi) is 66.4. The van der Waals surface area contributed by atoms with E-state index >= 15 is 0 Å². The Morgan fingerprint density at radius 1 is 0.330 bits per heavy atom. The highest BCUT2D eigenvalue weighted by Gasteiger charge is 2.22. The molecule has 2 unspecified atom stereocenters. The van der Waals surface area contributed by atoms with Crippen LogP contribution in [0.3, 0.4) is 0 Å². The number of carboxylic acids is 1. The summed E-state index contributed by atoms with van der Waals surface area (Å²) in [4.78, 5) is 37.5. The number of ether oxygens (including phenoxy) is 4. The molecule has 0 aromatic rings. The number of rotatable bonds is 65. The van der Waals surface area contributed by atoms with Crippen molar-refractivity contribution in [3.63, 3.8) is 0 Å². The van der Waals surface area contributed by atoms with Crippen LogP contribution in [0.1, 0.15) is 271 Å². The van der Waals surface area contributed by atoms with Crippen LogP contribution in [0.15, 0.2) is 170 Å². The van der Waals surface area contributed by atoms with Crippen molar-refractivity contribution in [3.05, 3.63) is 170 Å². The Labute approximate surface area is 558 Å². The Morgan fingerprint density at radius 3 is 0.879 bits per heavy atom. The molecule has 0 aromatic heterocycles. The Bertz CT molecular complexity index is 2100. The summed E-state index contributed by atoms with van der Waals surface area (Å²) in [5.74, 6) is -2.30. The van der Waals surface area contributed by atoms with Gasteiger partial charge in [-0.25, -0.2) is 0 Å². The molecule has 0 N–H and O–H groups in total. The number of esters is 2. The monoisotopic (exact) mass is 1260 g/mol. The predicted molar refractivity (Wildman–Crippen MR) is 388 cm³/mol. The van der Waals surface area contributed by atoms with Crippen LogP contribution in [-0.2, 0) is 33.3 Å². The van der Waals surface area contributed by atoms with Gasteiger partial charge in [0.05, 0.1) is 40.3 Å². The molecule has 9 heteroatoms. The van der Waals surface area contributed by atoms with Crippen molar-refractivity contribution in [2.45, 2.75) is 283 Å². The molecule has 0 saturated heterocycles. The van der Waals surface area contributed by atoms with Crippen molar-refractivity contribution in [2.75, 3.05) is 47.5 Å². The number of hydrogen-bond acceptors (Lipinski definition) is 8. The van der Waals surface area contributed by atoms with Crippen molar-refractivity contribution in [3.8, 4) is 0 Å². The third-order valence-corrected chi connectivity index (χ3v) is 15.0. The van der Waals surface area contributed by atoms with Crippen LogP contribution in [-0.4, -0.2) is 82.3 Å². The molecule has 2 atom stereocenters. The molecule has 0 aliphatic rings. The first-order chi connectivity index (χ1) is 44.6. The zero-order valence-electron chi connectivity index (χ0n) is 58.6. The van der Waals surface area contributed by atoms with Gasteiger partial charge < -0.3 is 33.3 Å². The van der Waals surface area contributed by atoms with E-state index in [9.17, 15) is 19.5 Å². The lowest BCUT2D eigenvalue weighted by molar-refractivity contribution is -0.870. The van der Waals surface area contributed by atoms with E-state index in [2.05, 4.69) is 184 Å². The van der Waals surface area contributed by atoms with E-state index in [0.29, 0.717) is 17.4 Å². The largest absolute Gasteiger partial charge is 0.545 e. The normalized spacial score (nSPS) is 13.7. The SMILES string of the molecule is CC/C=C\C/C=C\C/C=C\C/C=C\C/C=C\C/C=C\C/C=C\C/C=C\C/C=C\CCCCCCCCCCCCCC(=O)OC(COC(=O)CCCCCCCCCCCCC/C=C\C/C=C\C/C=C\C/C=C\C/C=C\CC)COC(OCC[N+](C)(C)C)C(=O)[O-]. The van der Waals surface area contributed by atoms with Crippen molar-refractivity contribution >= 4 is 17.9 Å². The minimum Gasteiger partial charge on any atom is -0.545 e. The van der Waals surface area contributed by atoms with Crippen LogP contribution >= 0.6 is 0 Å². The van der Waals surface area contributed by atoms with Crippen molar-refractivity contribution in [1.29, 1.82) is 0 Å².